The standard InChI is InChI=1S/C13H17N5O3/c1-6-9(12(20)16-13(21)14-6)4-5-10(19)15-11-7(2)17-18-8(11)3/h4-5H2,1-3H3,(H,15,19)(H,17,18)(H2,14,16,20,21). The molecular weight excluding hydrogens is 274 g/mol. The largest absolute Gasteiger partial charge is 0.325 e. The zero-order valence-electron chi connectivity index (χ0n) is 12.1. The van der Waals surface area contributed by atoms with Crippen molar-refractivity contribution in [1.82, 2.24) is 20.2 Å². The molecule has 2 aromatic rings. The molecule has 0 bridgehead atoms. The quantitative estimate of drug-likeness (QED) is 0.646. The van der Waals surface area contributed by atoms with Gasteiger partial charge in [0, 0.05) is 17.7 Å². The lowest BCUT2D eigenvalue weighted by molar-refractivity contribution is -0.116. The fourth-order valence-electron chi connectivity index (χ4n) is 2.10. The Balaban J connectivity index is 2.06. The van der Waals surface area contributed by atoms with Gasteiger partial charge in [-0.05, 0) is 27.2 Å². The maximum atomic E-state index is 11.9. The first-order valence-electron chi connectivity index (χ1n) is 6.52. The lowest BCUT2D eigenvalue weighted by Gasteiger charge is -2.06. The van der Waals surface area contributed by atoms with E-state index in [4.69, 9.17) is 0 Å². The van der Waals surface area contributed by atoms with Crippen molar-refractivity contribution >= 4 is 11.6 Å². The minimum absolute atomic E-state index is 0.139. The number of aromatic nitrogens is 4. The summed E-state index contributed by atoms with van der Waals surface area (Å²) in [5, 5.41) is 9.53. The Morgan fingerprint density at radius 2 is 1.86 bits per heavy atom. The molecule has 21 heavy (non-hydrogen) atoms. The van der Waals surface area contributed by atoms with Crippen molar-refractivity contribution in [2.45, 2.75) is 33.6 Å². The van der Waals surface area contributed by atoms with Crippen molar-refractivity contribution in [3.8, 4) is 0 Å². The molecule has 0 saturated heterocycles. The molecule has 0 atom stereocenters. The van der Waals surface area contributed by atoms with Crippen molar-refractivity contribution in [3.63, 3.8) is 0 Å². The Hall–Kier alpha value is -2.64. The number of aryl methyl sites for hydroxylation is 3. The number of rotatable bonds is 4. The summed E-state index contributed by atoms with van der Waals surface area (Å²) in [5.74, 6) is -0.215. The third kappa shape index (κ3) is 3.28. The van der Waals surface area contributed by atoms with E-state index in [2.05, 4.69) is 25.5 Å². The molecule has 0 spiro atoms. The van der Waals surface area contributed by atoms with Gasteiger partial charge in [-0.3, -0.25) is 19.7 Å². The number of H-pyrrole nitrogens is 3. The molecule has 2 aromatic heterocycles. The zero-order chi connectivity index (χ0) is 15.6. The molecule has 0 aliphatic rings. The van der Waals surface area contributed by atoms with E-state index in [-0.39, 0.29) is 18.7 Å². The molecule has 8 nitrogen and oxygen atoms in total. The van der Waals surface area contributed by atoms with E-state index in [1.54, 1.807) is 13.8 Å². The van der Waals surface area contributed by atoms with Crippen molar-refractivity contribution in [2.75, 3.05) is 5.32 Å². The van der Waals surface area contributed by atoms with Crippen molar-refractivity contribution in [3.05, 3.63) is 43.5 Å². The van der Waals surface area contributed by atoms with E-state index in [0.717, 1.165) is 5.69 Å². The van der Waals surface area contributed by atoms with E-state index in [1.807, 2.05) is 6.92 Å². The van der Waals surface area contributed by atoms with Crippen molar-refractivity contribution < 1.29 is 4.79 Å². The van der Waals surface area contributed by atoms with Crippen LogP contribution in [0.1, 0.15) is 29.1 Å². The first-order chi connectivity index (χ1) is 9.88. The minimum Gasteiger partial charge on any atom is -0.323 e. The van der Waals surface area contributed by atoms with Crippen LogP contribution in [0.5, 0.6) is 0 Å². The van der Waals surface area contributed by atoms with Crippen LogP contribution in [0.2, 0.25) is 0 Å². The fraction of sp³-hybridized carbons (Fsp3) is 0.385. The van der Waals surface area contributed by atoms with Gasteiger partial charge in [0.15, 0.2) is 0 Å². The van der Waals surface area contributed by atoms with E-state index in [9.17, 15) is 14.4 Å². The minimum atomic E-state index is -0.546. The van der Waals surface area contributed by atoms with Crippen LogP contribution in [0, 0.1) is 20.8 Å². The van der Waals surface area contributed by atoms with E-state index >= 15 is 0 Å². The summed E-state index contributed by atoms with van der Waals surface area (Å²) in [6.45, 7) is 5.23. The Kier molecular flexibility index (Phi) is 4.06. The van der Waals surface area contributed by atoms with Crippen LogP contribution in [0.3, 0.4) is 0 Å². The molecule has 0 aliphatic carbocycles. The topological polar surface area (TPSA) is 123 Å². The molecule has 2 rings (SSSR count). The van der Waals surface area contributed by atoms with Crippen molar-refractivity contribution in [1.29, 1.82) is 0 Å². The number of carbonyl (C=O) groups is 1. The van der Waals surface area contributed by atoms with Gasteiger partial charge in [0.05, 0.1) is 17.1 Å². The number of carbonyl (C=O) groups excluding carboxylic acids is 1. The highest BCUT2D eigenvalue weighted by atomic mass is 16.2. The van der Waals surface area contributed by atoms with Gasteiger partial charge in [-0.2, -0.15) is 5.10 Å². The van der Waals surface area contributed by atoms with E-state index in [1.165, 1.54) is 0 Å². The number of amides is 1. The molecule has 0 fully saturated rings. The van der Waals surface area contributed by atoms with Gasteiger partial charge in [-0.25, -0.2) is 4.79 Å². The van der Waals surface area contributed by atoms with Gasteiger partial charge in [-0.15, -0.1) is 0 Å². The number of nitrogens with zero attached hydrogens (tertiary/aromatic N) is 1. The van der Waals surface area contributed by atoms with Gasteiger partial charge >= 0.3 is 5.69 Å². The number of hydrogen-bond acceptors (Lipinski definition) is 4. The smallest absolute Gasteiger partial charge is 0.323 e. The van der Waals surface area contributed by atoms with Crippen molar-refractivity contribution in [2.24, 2.45) is 0 Å². The molecule has 1 amide bonds. The lowest BCUT2D eigenvalue weighted by Crippen LogP contribution is -2.27. The number of nitrogens with one attached hydrogen (secondary N) is 4. The highest BCUT2D eigenvalue weighted by Gasteiger charge is 2.12. The summed E-state index contributed by atoms with van der Waals surface area (Å²) in [7, 11) is 0. The van der Waals surface area contributed by atoms with Crippen LogP contribution in [0.4, 0.5) is 5.69 Å². The first kappa shape index (κ1) is 14.8. The summed E-state index contributed by atoms with van der Waals surface area (Å²) in [6.07, 6.45) is 0.389. The molecule has 8 heteroatoms. The molecule has 112 valence electrons. The first-order valence-corrected chi connectivity index (χ1v) is 6.52. The maximum absolute atomic E-state index is 11.9. The van der Waals surface area contributed by atoms with Crippen LogP contribution < -0.4 is 16.6 Å². The molecule has 4 N–H and O–H groups in total. The van der Waals surface area contributed by atoms with Crippen LogP contribution in [-0.2, 0) is 11.2 Å². The summed E-state index contributed by atoms with van der Waals surface area (Å²) in [4.78, 5) is 39.4. The average molecular weight is 291 g/mol. The number of hydrogen-bond donors (Lipinski definition) is 4. The second kappa shape index (κ2) is 5.78. The molecule has 0 aliphatic heterocycles. The van der Waals surface area contributed by atoms with Crippen LogP contribution in [0.15, 0.2) is 9.59 Å². The highest BCUT2D eigenvalue weighted by Crippen LogP contribution is 2.16. The SMILES string of the molecule is Cc1n[nH]c(C)c1NC(=O)CCc1c(C)[nH]c(=O)[nH]c1=O. The predicted molar refractivity (Wildman–Crippen MR) is 77.4 cm³/mol. The Morgan fingerprint density at radius 3 is 2.43 bits per heavy atom. The third-order valence-corrected chi connectivity index (χ3v) is 3.25. The molecule has 2 heterocycles. The maximum Gasteiger partial charge on any atom is 0.325 e. The van der Waals surface area contributed by atoms with Gasteiger partial charge in [0.2, 0.25) is 5.91 Å². The Labute approximate surface area is 120 Å². The summed E-state index contributed by atoms with van der Waals surface area (Å²) < 4.78 is 0. The van der Waals surface area contributed by atoms with E-state index in [0.29, 0.717) is 22.6 Å². The fourth-order valence-corrected chi connectivity index (χ4v) is 2.10. The summed E-state index contributed by atoms with van der Waals surface area (Å²) >= 11 is 0. The Morgan fingerprint density at radius 1 is 1.14 bits per heavy atom. The molecule has 0 radical (unpaired) electrons. The van der Waals surface area contributed by atoms with Crippen LogP contribution in [-0.4, -0.2) is 26.1 Å². The normalized spacial score (nSPS) is 10.6. The molecule has 0 unspecified atom stereocenters. The summed E-state index contributed by atoms with van der Waals surface area (Å²) in [6, 6.07) is 0. The zero-order valence-corrected chi connectivity index (χ0v) is 12.1. The average Bonchev–Trinajstić information content (AvgIpc) is 2.69. The lowest BCUT2D eigenvalue weighted by atomic mass is 10.1. The molecule has 0 saturated carbocycles. The predicted octanol–water partition coefficient (Wildman–Crippen LogP) is 0.283. The van der Waals surface area contributed by atoms with Crippen LogP contribution >= 0.6 is 0 Å². The molecule has 0 aromatic carbocycles. The van der Waals surface area contributed by atoms with E-state index < -0.39 is 11.2 Å². The highest BCUT2D eigenvalue weighted by molar-refractivity contribution is 5.91. The van der Waals surface area contributed by atoms with Gasteiger partial charge in [0.1, 0.15) is 0 Å². The van der Waals surface area contributed by atoms with Crippen LogP contribution in [0.25, 0.3) is 0 Å². The van der Waals surface area contributed by atoms with Gasteiger partial charge in [0.25, 0.3) is 5.56 Å². The monoisotopic (exact) mass is 291 g/mol. The molecular formula is C13H17N5O3. The van der Waals surface area contributed by atoms with Gasteiger partial charge in [-0.1, -0.05) is 0 Å². The third-order valence-electron chi connectivity index (χ3n) is 3.25. The summed E-state index contributed by atoms with van der Waals surface area (Å²) in [5.41, 5.74) is 2.03. The number of aromatic amines is 3. The Bertz CT molecular complexity index is 764. The second-order valence-electron chi connectivity index (χ2n) is 4.87. The van der Waals surface area contributed by atoms with Gasteiger partial charge < -0.3 is 10.3 Å². The number of anilines is 1. The second-order valence-corrected chi connectivity index (χ2v) is 4.87.